The van der Waals surface area contributed by atoms with Crippen molar-refractivity contribution >= 4 is 69.8 Å². The van der Waals surface area contributed by atoms with Crippen molar-refractivity contribution in [1.29, 1.82) is 0 Å². The summed E-state index contributed by atoms with van der Waals surface area (Å²) in [5.74, 6) is 1.94. The molecule has 0 unspecified atom stereocenters. The Bertz CT molecular complexity index is 2620. The van der Waals surface area contributed by atoms with E-state index in [1.165, 1.54) is 56.1 Å². The van der Waals surface area contributed by atoms with Gasteiger partial charge in [0.15, 0.2) is 0 Å². The van der Waals surface area contributed by atoms with Crippen LogP contribution >= 0.6 is 14.5 Å². The molecule has 0 amide bonds. The number of hydrogen-bond acceptors (Lipinski definition) is 4. The summed E-state index contributed by atoms with van der Waals surface area (Å²) in [6.07, 6.45) is 0. The highest BCUT2D eigenvalue weighted by Gasteiger charge is 2.44. The Morgan fingerprint density at radius 2 is 0.456 bits per heavy atom. The van der Waals surface area contributed by atoms with Crippen molar-refractivity contribution in [2.24, 2.45) is 0 Å². The van der Waals surface area contributed by atoms with Gasteiger partial charge in [0.2, 0.25) is 0 Å². The van der Waals surface area contributed by atoms with Crippen molar-refractivity contribution in [3.8, 4) is 0 Å². The van der Waals surface area contributed by atoms with Gasteiger partial charge in [0.1, 0.15) is 46.4 Å². The summed E-state index contributed by atoms with van der Waals surface area (Å²) in [5.41, 5.74) is 1.60. The Hall–Kier alpha value is -8.14. The van der Waals surface area contributed by atoms with Gasteiger partial charge in [-0.05, 0) is 108 Å². The second-order valence-corrected chi connectivity index (χ2v) is 21.9. The third-order valence-corrected chi connectivity index (χ3v) is 19.0. The first kappa shape index (κ1) is 47.8. The first-order valence-electron chi connectivity index (χ1n) is 21.8. The molecule has 0 radical (unpaired) electrons. The quantitative estimate of drug-likeness (QED) is 0.0931. The molecule has 8 heteroatoms. The van der Waals surface area contributed by atoms with E-state index >= 15 is 0 Å². The second-order valence-electron chi connectivity index (χ2n) is 15.4. The predicted molar refractivity (Wildman–Crippen MR) is 279 cm³/mol. The highest BCUT2D eigenvalue weighted by Crippen LogP contribution is 2.59. The zero-order chi connectivity index (χ0) is 47.6. The summed E-state index contributed by atoms with van der Waals surface area (Å²) in [6, 6.07) is 86.5. The van der Waals surface area contributed by atoms with Crippen LogP contribution in [0.5, 0.6) is 0 Å². The average molecular weight is 927 g/mol. The normalized spacial score (nSPS) is 11.5. The molecule has 0 saturated heterocycles. The maximum atomic E-state index is 13.4. The van der Waals surface area contributed by atoms with Crippen LogP contribution in [0.2, 0.25) is 0 Å². The Morgan fingerprint density at radius 1 is 0.279 bits per heavy atom. The van der Waals surface area contributed by atoms with Gasteiger partial charge >= 0.3 is 11.9 Å². The van der Waals surface area contributed by atoms with Crippen LogP contribution < -0.4 is 42.0 Å². The Labute approximate surface area is 398 Å². The fourth-order valence-electron chi connectivity index (χ4n) is 7.78. The third-order valence-electron chi connectivity index (χ3n) is 11.1. The van der Waals surface area contributed by atoms with Crippen molar-refractivity contribution in [3.05, 3.63) is 301 Å². The van der Waals surface area contributed by atoms with Gasteiger partial charge in [-0.25, -0.2) is 9.59 Å². The van der Waals surface area contributed by atoms with Crippen LogP contribution in [-0.4, -0.2) is 22.2 Å². The molecule has 9 rings (SSSR count). The second kappa shape index (κ2) is 23.4. The van der Waals surface area contributed by atoms with Gasteiger partial charge in [0.05, 0.1) is 22.8 Å². The average Bonchev–Trinajstić information content (AvgIpc) is 3.41. The van der Waals surface area contributed by atoms with Gasteiger partial charge in [-0.3, -0.25) is 0 Å². The molecule has 0 bridgehead atoms. The van der Waals surface area contributed by atoms with Crippen molar-refractivity contribution in [3.63, 3.8) is 0 Å². The fourth-order valence-corrected chi connectivity index (χ4v) is 15.3. The molecule has 6 nitrogen and oxygen atoms in total. The number of carbonyl (C=O) groups is 2. The van der Waals surface area contributed by atoms with Gasteiger partial charge in [-0.2, -0.15) is 0 Å². The molecular weight excluding hydrogens is 879 g/mol. The van der Waals surface area contributed by atoms with E-state index < -0.39 is 26.5 Å². The fraction of sp³-hybridized carbons (Fsp3) is 0. The van der Waals surface area contributed by atoms with Crippen molar-refractivity contribution in [2.45, 2.75) is 0 Å². The van der Waals surface area contributed by atoms with Gasteiger partial charge in [0, 0.05) is 0 Å². The predicted octanol–water partition coefficient (Wildman–Crippen LogP) is 9.76. The number of hydrogen-bond donors (Lipinski definition) is 2. The molecule has 0 atom stereocenters. The maximum absolute atomic E-state index is 13.4. The number of carboxylic acid groups (broad SMARTS) is 2. The van der Waals surface area contributed by atoms with Crippen LogP contribution in [0.3, 0.4) is 0 Å². The van der Waals surface area contributed by atoms with Gasteiger partial charge in [0.25, 0.3) is 0 Å². The van der Waals surface area contributed by atoms with Crippen LogP contribution in [0, 0.1) is 0 Å². The Kier molecular flexibility index (Phi) is 16.4. The molecule has 0 fully saturated rings. The SMILES string of the molecule is O=C(O)c1ccc(C(=O)O)cc1.[O-]/C(=C\[P+](c1ccccc1)(c1ccccc1)c1ccccc1)c1ccccc1.[O-]/C(=C\[P+](c1ccccc1)(c1ccccc1)c1ccccc1)c1ccccc1. The van der Waals surface area contributed by atoms with Gasteiger partial charge in [-0.15, -0.1) is 0 Å². The number of aromatic carboxylic acids is 2. The summed E-state index contributed by atoms with van der Waals surface area (Å²) >= 11 is 0. The van der Waals surface area contributed by atoms with Crippen LogP contribution in [0.1, 0.15) is 31.8 Å². The summed E-state index contributed by atoms with van der Waals surface area (Å²) < 4.78 is 0. The molecule has 0 aromatic heterocycles. The minimum atomic E-state index is -2.25. The highest BCUT2D eigenvalue weighted by molar-refractivity contribution is 7.98. The molecule has 0 aliphatic heterocycles. The zero-order valence-corrected chi connectivity index (χ0v) is 38.8. The topological polar surface area (TPSA) is 121 Å². The minimum absolute atomic E-state index is 0.0606. The smallest absolute Gasteiger partial charge is 0.335 e. The Morgan fingerprint density at radius 3 is 0.632 bits per heavy atom. The van der Waals surface area contributed by atoms with E-state index in [-0.39, 0.29) is 22.6 Å². The highest BCUT2D eigenvalue weighted by atomic mass is 31.2. The molecule has 0 aliphatic rings. The number of rotatable bonds is 12. The molecule has 0 heterocycles. The van der Waals surface area contributed by atoms with Crippen LogP contribution in [0.25, 0.3) is 11.5 Å². The van der Waals surface area contributed by atoms with E-state index in [4.69, 9.17) is 10.2 Å². The standard InChI is InChI=1S/2C26H21OP.C8H6O4/c2*27-26(22-13-5-1-6-14-22)21-28(23-15-7-2-8-16-23,24-17-9-3-10-18-24)25-19-11-4-12-20-25;9-7(10)5-1-2-6(4-3-5)8(11)12/h2*1-21H;1-4H,(H,9,10)(H,11,12)/b2*26-21-;. The number of benzene rings is 9. The van der Waals surface area contributed by atoms with Crippen molar-refractivity contribution in [2.75, 3.05) is 0 Å². The lowest BCUT2D eigenvalue weighted by Gasteiger charge is -2.26. The summed E-state index contributed by atoms with van der Waals surface area (Å²) in [5, 5.41) is 50.7. The minimum Gasteiger partial charge on any atom is -0.870 e. The van der Waals surface area contributed by atoms with Crippen LogP contribution in [0.15, 0.2) is 279 Å². The van der Waals surface area contributed by atoms with E-state index in [2.05, 4.69) is 146 Å². The molecule has 9 aromatic rings. The molecule has 334 valence electrons. The molecule has 0 spiro atoms. The summed E-state index contributed by atoms with van der Waals surface area (Å²) in [6.45, 7) is 0. The Balaban J connectivity index is 0.000000163. The third kappa shape index (κ3) is 11.4. The zero-order valence-electron chi connectivity index (χ0n) is 37.0. The molecule has 2 N–H and O–H groups in total. The van der Waals surface area contributed by atoms with E-state index in [1.807, 2.05) is 109 Å². The molecule has 9 aromatic carbocycles. The van der Waals surface area contributed by atoms with Crippen molar-refractivity contribution in [1.82, 2.24) is 0 Å². The summed E-state index contributed by atoms with van der Waals surface area (Å²) in [7, 11) is -4.50. The number of carboxylic acids is 2. The van der Waals surface area contributed by atoms with E-state index in [0.717, 1.165) is 11.1 Å². The van der Waals surface area contributed by atoms with Gasteiger partial charge < -0.3 is 20.4 Å². The lowest BCUT2D eigenvalue weighted by Crippen LogP contribution is -2.30. The first-order valence-corrected chi connectivity index (χ1v) is 25.5. The van der Waals surface area contributed by atoms with Crippen molar-refractivity contribution < 1.29 is 30.0 Å². The van der Waals surface area contributed by atoms with Gasteiger partial charge in [-0.1, -0.05) is 181 Å². The molecule has 0 aliphatic carbocycles. The first-order chi connectivity index (χ1) is 33.2. The molecular formula is C60H48O6P2. The molecule has 0 saturated carbocycles. The molecule has 68 heavy (non-hydrogen) atoms. The monoisotopic (exact) mass is 926 g/mol. The maximum Gasteiger partial charge on any atom is 0.335 e. The van der Waals surface area contributed by atoms with E-state index in [1.54, 1.807) is 0 Å². The van der Waals surface area contributed by atoms with Crippen LogP contribution in [0.4, 0.5) is 0 Å². The largest absolute Gasteiger partial charge is 0.870 e. The van der Waals surface area contributed by atoms with E-state index in [0.29, 0.717) is 0 Å². The van der Waals surface area contributed by atoms with E-state index in [9.17, 15) is 19.8 Å². The van der Waals surface area contributed by atoms with Crippen LogP contribution in [-0.2, 0) is 0 Å². The lowest BCUT2D eigenvalue weighted by atomic mass is 10.1. The summed E-state index contributed by atoms with van der Waals surface area (Å²) in [4.78, 5) is 20.7. The lowest BCUT2D eigenvalue weighted by molar-refractivity contribution is -0.244.